The lowest BCUT2D eigenvalue weighted by Crippen LogP contribution is -2.26. The lowest BCUT2D eigenvalue weighted by atomic mass is 9.84. The number of hydrogen-bond donors (Lipinski definition) is 1. The molecule has 0 saturated carbocycles. The Morgan fingerprint density at radius 3 is 2.65 bits per heavy atom. The summed E-state index contributed by atoms with van der Waals surface area (Å²) in [7, 11) is 0. The van der Waals surface area contributed by atoms with Crippen LogP contribution in [0.2, 0.25) is 0 Å². The minimum absolute atomic E-state index is 0.0996. The normalized spacial score (nSPS) is 30.7. The second kappa shape index (κ2) is 4.15. The number of carbonyl (C=O) groups excluding carboxylic acids is 1. The van der Waals surface area contributed by atoms with Crippen LogP contribution in [-0.2, 0) is 16.0 Å². The number of benzene rings is 1. The molecule has 2 aliphatic rings. The number of ketones is 1. The molecule has 0 spiro atoms. The van der Waals surface area contributed by atoms with Crippen molar-refractivity contribution in [2.24, 2.45) is 5.92 Å². The van der Waals surface area contributed by atoms with Gasteiger partial charge in [-0.25, -0.2) is 0 Å². The van der Waals surface area contributed by atoms with Crippen LogP contribution in [0.15, 0.2) is 24.3 Å². The predicted octanol–water partition coefficient (Wildman–Crippen LogP) is 2.07. The highest BCUT2D eigenvalue weighted by Gasteiger charge is 2.43. The van der Waals surface area contributed by atoms with Crippen molar-refractivity contribution in [2.45, 2.75) is 37.9 Å². The fraction of sp³-hybridized carbons (Fsp3) is 0.500. The van der Waals surface area contributed by atoms with Crippen molar-refractivity contribution in [1.29, 1.82) is 0 Å². The number of aromatic hydroxyl groups is 1. The standard InChI is InChI=1S/C14H16O3/c15-10-3-1-9(2-4-10)7-13(16)12-8-11-5-6-14(12)17-11/h1-4,11-12,14-15H,5-8H2. The summed E-state index contributed by atoms with van der Waals surface area (Å²) in [6, 6.07) is 6.86. The van der Waals surface area contributed by atoms with Gasteiger partial charge in [0.05, 0.1) is 12.2 Å². The molecule has 2 bridgehead atoms. The molecule has 0 radical (unpaired) electrons. The highest BCUT2D eigenvalue weighted by molar-refractivity contribution is 5.84. The van der Waals surface area contributed by atoms with Crippen LogP contribution in [0.5, 0.6) is 5.75 Å². The Labute approximate surface area is 100 Å². The van der Waals surface area contributed by atoms with Crippen LogP contribution in [0.25, 0.3) is 0 Å². The number of Topliss-reactive ketones (excluding diaryl/α,β-unsaturated/α-hetero) is 1. The topological polar surface area (TPSA) is 46.5 Å². The van der Waals surface area contributed by atoms with E-state index in [1.54, 1.807) is 24.3 Å². The van der Waals surface area contributed by atoms with Crippen molar-refractivity contribution in [3.05, 3.63) is 29.8 Å². The van der Waals surface area contributed by atoms with Crippen molar-refractivity contribution in [1.82, 2.24) is 0 Å². The third kappa shape index (κ3) is 2.07. The Morgan fingerprint density at radius 2 is 2.06 bits per heavy atom. The van der Waals surface area contributed by atoms with Crippen molar-refractivity contribution in [3.63, 3.8) is 0 Å². The van der Waals surface area contributed by atoms with E-state index in [1.165, 1.54) is 0 Å². The van der Waals surface area contributed by atoms with Gasteiger partial charge in [0.25, 0.3) is 0 Å². The van der Waals surface area contributed by atoms with Crippen molar-refractivity contribution < 1.29 is 14.6 Å². The Bertz CT molecular complexity index is 424. The van der Waals surface area contributed by atoms with Gasteiger partial charge in [0.15, 0.2) is 0 Å². The number of ether oxygens (including phenoxy) is 1. The Morgan fingerprint density at radius 1 is 1.29 bits per heavy atom. The number of hydrogen-bond acceptors (Lipinski definition) is 3. The molecule has 17 heavy (non-hydrogen) atoms. The molecule has 2 saturated heterocycles. The maximum Gasteiger partial charge on any atom is 0.143 e. The van der Waals surface area contributed by atoms with Gasteiger partial charge < -0.3 is 9.84 Å². The van der Waals surface area contributed by atoms with Gasteiger partial charge in [0.1, 0.15) is 11.5 Å². The fourth-order valence-corrected chi connectivity index (χ4v) is 2.92. The predicted molar refractivity (Wildman–Crippen MR) is 62.8 cm³/mol. The fourth-order valence-electron chi connectivity index (χ4n) is 2.92. The first kappa shape index (κ1) is 10.8. The molecule has 0 aliphatic carbocycles. The van der Waals surface area contributed by atoms with Crippen LogP contribution in [-0.4, -0.2) is 23.1 Å². The molecule has 90 valence electrons. The van der Waals surface area contributed by atoms with Crippen molar-refractivity contribution in [2.75, 3.05) is 0 Å². The average molecular weight is 232 g/mol. The first-order chi connectivity index (χ1) is 8.22. The van der Waals surface area contributed by atoms with Gasteiger partial charge in [-0.2, -0.15) is 0 Å². The van der Waals surface area contributed by atoms with Gasteiger partial charge in [-0.1, -0.05) is 12.1 Å². The average Bonchev–Trinajstić information content (AvgIpc) is 2.94. The van der Waals surface area contributed by atoms with Crippen LogP contribution in [0.1, 0.15) is 24.8 Å². The molecule has 1 aromatic carbocycles. The Balaban J connectivity index is 1.65. The molecule has 0 amide bonds. The van der Waals surface area contributed by atoms with Crippen molar-refractivity contribution >= 4 is 5.78 Å². The van der Waals surface area contributed by atoms with Crippen LogP contribution in [0.3, 0.4) is 0 Å². The summed E-state index contributed by atoms with van der Waals surface area (Å²) < 4.78 is 5.70. The van der Waals surface area contributed by atoms with Gasteiger partial charge in [0, 0.05) is 12.3 Å². The molecule has 3 rings (SSSR count). The van der Waals surface area contributed by atoms with E-state index in [0.29, 0.717) is 12.5 Å². The molecule has 2 fully saturated rings. The number of carbonyl (C=O) groups is 1. The van der Waals surface area contributed by atoms with E-state index < -0.39 is 0 Å². The van der Waals surface area contributed by atoms with Crippen LogP contribution < -0.4 is 0 Å². The van der Waals surface area contributed by atoms with Gasteiger partial charge >= 0.3 is 0 Å². The highest BCUT2D eigenvalue weighted by Crippen LogP contribution is 2.39. The summed E-state index contributed by atoms with van der Waals surface area (Å²) in [5.74, 6) is 0.620. The first-order valence-corrected chi connectivity index (χ1v) is 6.18. The summed E-state index contributed by atoms with van der Waals surface area (Å²) in [5, 5.41) is 9.18. The molecule has 3 heteroatoms. The van der Waals surface area contributed by atoms with Gasteiger partial charge in [-0.3, -0.25) is 4.79 Å². The van der Waals surface area contributed by atoms with Crippen molar-refractivity contribution in [3.8, 4) is 5.75 Å². The first-order valence-electron chi connectivity index (χ1n) is 6.18. The SMILES string of the molecule is O=C(Cc1ccc(O)cc1)C1CC2CCC1O2. The summed E-state index contributed by atoms with van der Waals surface area (Å²) in [5.41, 5.74) is 0.968. The summed E-state index contributed by atoms with van der Waals surface area (Å²) in [6.07, 6.45) is 4.02. The lowest BCUT2D eigenvalue weighted by molar-refractivity contribution is -0.123. The van der Waals surface area contributed by atoms with E-state index in [-0.39, 0.29) is 23.6 Å². The molecule has 2 aliphatic heterocycles. The molecule has 0 aromatic heterocycles. The third-order valence-electron chi connectivity index (χ3n) is 3.83. The maximum atomic E-state index is 12.1. The van der Waals surface area contributed by atoms with Crippen LogP contribution >= 0.6 is 0 Å². The minimum Gasteiger partial charge on any atom is -0.508 e. The van der Waals surface area contributed by atoms with Crippen LogP contribution in [0, 0.1) is 5.92 Å². The molecule has 3 nitrogen and oxygen atoms in total. The largest absolute Gasteiger partial charge is 0.508 e. The number of rotatable bonds is 3. The molecule has 2 heterocycles. The highest BCUT2D eigenvalue weighted by atomic mass is 16.5. The van der Waals surface area contributed by atoms with E-state index in [2.05, 4.69) is 0 Å². The molecule has 1 aromatic rings. The quantitative estimate of drug-likeness (QED) is 0.867. The Kier molecular flexibility index (Phi) is 2.63. The van der Waals surface area contributed by atoms with Gasteiger partial charge in [-0.15, -0.1) is 0 Å². The number of fused-ring (bicyclic) bond motifs is 2. The monoisotopic (exact) mass is 232 g/mol. The third-order valence-corrected chi connectivity index (χ3v) is 3.83. The zero-order chi connectivity index (χ0) is 11.8. The zero-order valence-corrected chi connectivity index (χ0v) is 9.63. The van der Waals surface area contributed by atoms with Gasteiger partial charge in [0.2, 0.25) is 0 Å². The second-order valence-corrected chi connectivity index (χ2v) is 5.03. The van der Waals surface area contributed by atoms with Crippen LogP contribution in [0.4, 0.5) is 0 Å². The zero-order valence-electron chi connectivity index (χ0n) is 9.63. The molecular formula is C14H16O3. The van der Waals surface area contributed by atoms with E-state index in [9.17, 15) is 9.90 Å². The van der Waals surface area contributed by atoms with E-state index >= 15 is 0 Å². The minimum atomic E-state index is 0.0996. The molecule has 1 N–H and O–H groups in total. The second-order valence-electron chi connectivity index (χ2n) is 5.03. The summed E-state index contributed by atoms with van der Waals surface area (Å²) in [4.78, 5) is 12.1. The van der Waals surface area contributed by atoms with Gasteiger partial charge in [-0.05, 0) is 37.0 Å². The number of phenolic OH excluding ortho intramolecular Hbond substituents is 1. The summed E-state index contributed by atoms with van der Waals surface area (Å²) in [6.45, 7) is 0. The number of phenols is 1. The summed E-state index contributed by atoms with van der Waals surface area (Å²) >= 11 is 0. The van der Waals surface area contributed by atoms with E-state index in [1.807, 2.05) is 0 Å². The molecular weight excluding hydrogens is 216 g/mol. The molecule has 3 unspecified atom stereocenters. The smallest absolute Gasteiger partial charge is 0.143 e. The van der Waals surface area contributed by atoms with E-state index in [0.717, 1.165) is 24.8 Å². The lowest BCUT2D eigenvalue weighted by Gasteiger charge is -2.17. The van der Waals surface area contributed by atoms with E-state index in [4.69, 9.17) is 4.74 Å². The Hall–Kier alpha value is -1.35. The maximum absolute atomic E-state index is 12.1. The molecule has 3 atom stereocenters.